The van der Waals surface area contributed by atoms with Crippen molar-refractivity contribution < 1.29 is 64.6 Å². The second-order valence-corrected chi connectivity index (χ2v) is 11.6. The number of ether oxygens (including phenoxy) is 4. The summed E-state index contributed by atoms with van der Waals surface area (Å²) >= 11 is 0. The van der Waals surface area contributed by atoms with Crippen LogP contribution in [-0.4, -0.2) is 140 Å². The molecule has 0 radical (unpaired) electrons. The van der Waals surface area contributed by atoms with Gasteiger partial charge in [-0.1, -0.05) is 56.2 Å². The monoisotopic (exact) mass is 661 g/mol. The van der Waals surface area contributed by atoms with Crippen LogP contribution in [0.25, 0.3) is 0 Å². The summed E-state index contributed by atoms with van der Waals surface area (Å²) < 4.78 is 22.3. The number of allylic oxidation sites excluding steroid dienone is 5. The van der Waals surface area contributed by atoms with Crippen LogP contribution in [0.4, 0.5) is 0 Å². The first kappa shape index (κ1) is 40.4. The van der Waals surface area contributed by atoms with E-state index in [0.717, 1.165) is 32.1 Å². The number of rotatable bonds is 20. The van der Waals surface area contributed by atoms with Crippen molar-refractivity contribution in [2.45, 2.75) is 139 Å². The Balaban J connectivity index is 2.03. The molecule has 2 aliphatic heterocycles. The van der Waals surface area contributed by atoms with Crippen LogP contribution in [0.15, 0.2) is 36.5 Å². The number of carbonyl (C=O) groups excluding carboxylic acids is 1. The lowest BCUT2D eigenvalue weighted by atomic mass is 9.97. The van der Waals surface area contributed by atoms with Crippen LogP contribution in [0.2, 0.25) is 0 Å². The molecular formula is C32H55NO13. The molecule has 2 fully saturated rings. The van der Waals surface area contributed by atoms with E-state index in [9.17, 15) is 45.6 Å². The second kappa shape index (κ2) is 22.0. The first-order valence-electron chi connectivity index (χ1n) is 16.2. The highest BCUT2D eigenvalue weighted by Gasteiger charge is 2.50. The number of aliphatic hydroxyl groups is 8. The van der Waals surface area contributed by atoms with Gasteiger partial charge in [0.25, 0.3) is 0 Å². The number of hydrogen-bond acceptors (Lipinski definition) is 13. The average Bonchev–Trinajstić information content (AvgIpc) is 3.05. The van der Waals surface area contributed by atoms with Crippen LogP contribution in [0.1, 0.15) is 65.2 Å². The van der Waals surface area contributed by atoms with Crippen LogP contribution in [-0.2, 0) is 23.7 Å². The Labute approximate surface area is 270 Å². The number of unbranched alkanes of at least 4 members (excludes halogenated alkanes) is 4. The van der Waals surface area contributed by atoms with E-state index in [0.29, 0.717) is 12.8 Å². The van der Waals surface area contributed by atoms with E-state index in [-0.39, 0.29) is 18.9 Å². The predicted octanol–water partition coefficient (Wildman–Crippen LogP) is -0.698. The van der Waals surface area contributed by atoms with Gasteiger partial charge in [-0.15, -0.1) is 0 Å². The third-order valence-electron chi connectivity index (χ3n) is 7.90. The van der Waals surface area contributed by atoms with Gasteiger partial charge in [-0.25, -0.2) is 0 Å². The summed E-state index contributed by atoms with van der Waals surface area (Å²) in [6.45, 7) is 2.25. The van der Waals surface area contributed by atoms with E-state index in [4.69, 9.17) is 18.9 Å². The van der Waals surface area contributed by atoms with Crippen molar-refractivity contribution in [1.29, 1.82) is 0 Å². The Morgan fingerprint density at radius 2 is 1.41 bits per heavy atom. The van der Waals surface area contributed by atoms with Crippen LogP contribution in [0.5, 0.6) is 0 Å². The molecule has 12 atom stereocenters. The maximum atomic E-state index is 12.6. The van der Waals surface area contributed by atoms with Crippen LogP contribution < -0.4 is 5.32 Å². The fourth-order valence-corrected chi connectivity index (χ4v) is 5.09. The highest BCUT2D eigenvalue weighted by atomic mass is 16.7. The molecule has 2 heterocycles. The first-order valence-corrected chi connectivity index (χ1v) is 16.2. The topological polar surface area (TPSA) is 228 Å². The Bertz CT molecular complexity index is 930. The maximum Gasteiger partial charge on any atom is 0.220 e. The minimum absolute atomic E-state index is 0.254. The van der Waals surface area contributed by atoms with Crippen LogP contribution in [0.3, 0.4) is 0 Å². The van der Waals surface area contributed by atoms with Gasteiger partial charge in [0.15, 0.2) is 12.6 Å². The maximum absolute atomic E-state index is 12.6. The minimum atomic E-state index is -1.79. The van der Waals surface area contributed by atoms with E-state index in [2.05, 4.69) is 23.5 Å². The molecular weight excluding hydrogens is 606 g/mol. The molecule has 0 bridgehead atoms. The SMILES string of the molecule is C/C=C/CC/C=C/CC/C=C/C(O)C(COC1OC(CO)C(OC2OC(CO)C(O)C(O)C2O)C(O)C1O)NC(=O)CCCCC. The zero-order valence-electron chi connectivity index (χ0n) is 26.8. The standard InChI is InChI=1S/C32H55NO13/c1-3-5-7-8-9-10-11-12-14-15-21(36)20(33-24(37)16-13-6-4-2)19-43-31-29(42)27(40)30(23(18-35)45-31)46-32-28(41)26(39)25(38)22(17-34)44-32/h3,5,9-10,14-15,20-23,25-32,34-36,38-42H,4,6-8,11-13,16-19H2,1-2H3,(H,33,37)/b5-3+,10-9+,15-14+. The van der Waals surface area contributed by atoms with Crippen molar-refractivity contribution in [1.82, 2.24) is 5.32 Å². The van der Waals surface area contributed by atoms with E-state index in [1.807, 2.05) is 19.9 Å². The molecule has 0 aliphatic carbocycles. The van der Waals surface area contributed by atoms with E-state index < -0.39 is 86.8 Å². The molecule has 266 valence electrons. The quantitative estimate of drug-likeness (QED) is 0.0582. The Morgan fingerprint density at radius 1 is 0.804 bits per heavy atom. The number of hydrogen-bond donors (Lipinski definition) is 9. The zero-order chi connectivity index (χ0) is 34.1. The van der Waals surface area contributed by atoms with E-state index in [1.165, 1.54) is 0 Å². The molecule has 0 spiro atoms. The van der Waals surface area contributed by atoms with Gasteiger partial charge in [-0.05, 0) is 39.0 Å². The van der Waals surface area contributed by atoms with Gasteiger partial charge in [-0.3, -0.25) is 4.79 Å². The Hall–Kier alpha value is -1.79. The molecule has 46 heavy (non-hydrogen) atoms. The van der Waals surface area contributed by atoms with Crippen molar-refractivity contribution in [3.05, 3.63) is 36.5 Å². The lowest BCUT2D eigenvalue weighted by Gasteiger charge is -2.46. The number of nitrogens with one attached hydrogen (secondary N) is 1. The highest BCUT2D eigenvalue weighted by molar-refractivity contribution is 5.76. The summed E-state index contributed by atoms with van der Waals surface area (Å²) in [4.78, 5) is 12.6. The minimum Gasteiger partial charge on any atom is -0.394 e. The highest BCUT2D eigenvalue weighted by Crippen LogP contribution is 2.29. The molecule has 0 aromatic carbocycles. The summed E-state index contributed by atoms with van der Waals surface area (Å²) in [6.07, 6.45) is 0.676. The van der Waals surface area contributed by atoms with Crippen molar-refractivity contribution in [3.8, 4) is 0 Å². The van der Waals surface area contributed by atoms with E-state index >= 15 is 0 Å². The van der Waals surface area contributed by atoms with Crippen molar-refractivity contribution in [2.24, 2.45) is 0 Å². The first-order chi connectivity index (χ1) is 22.1. The molecule has 9 N–H and O–H groups in total. The van der Waals surface area contributed by atoms with Gasteiger partial charge in [0.2, 0.25) is 5.91 Å². The summed E-state index contributed by atoms with van der Waals surface area (Å²) in [5, 5.41) is 85.1. The van der Waals surface area contributed by atoms with Crippen LogP contribution in [0, 0.1) is 0 Å². The Morgan fingerprint density at radius 3 is 2.04 bits per heavy atom. The fraction of sp³-hybridized carbons (Fsp3) is 0.781. The molecule has 0 aromatic rings. The van der Waals surface area contributed by atoms with Crippen LogP contribution >= 0.6 is 0 Å². The second-order valence-electron chi connectivity index (χ2n) is 11.6. The number of carbonyl (C=O) groups is 1. The molecule has 2 saturated heterocycles. The molecule has 0 aromatic heterocycles. The smallest absolute Gasteiger partial charge is 0.220 e. The molecule has 14 heteroatoms. The number of aliphatic hydroxyl groups excluding tert-OH is 8. The average molecular weight is 662 g/mol. The molecule has 0 saturated carbocycles. The molecule has 2 rings (SSSR count). The third-order valence-corrected chi connectivity index (χ3v) is 7.90. The van der Waals surface area contributed by atoms with Gasteiger partial charge >= 0.3 is 0 Å². The normalized spacial score (nSPS) is 33.6. The summed E-state index contributed by atoms with van der Waals surface area (Å²) in [7, 11) is 0. The van der Waals surface area contributed by atoms with Gasteiger partial charge < -0.3 is 65.1 Å². The lowest BCUT2D eigenvalue weighted by molar-refractivity contribution is -0.359. The van der Waals surface area contributed by atoms with Gasteiger partial charge in [0.05, 0.1) is 32.0 Å². The van der Waals surface area contributed by atoms with Gasteiger partial charge in [0.1, 0.15) is 48.8 Å². The third kappa shape index (κ3) is 12.7. The summed E-state index contributed by atoms with van der Waals surface area (Å²) in [5.74, 6) is -0.287. The van der Waals surface area contributed by atoms with Crippen molar-refractivity contribution in [3.63, 3.8) is 0 Å². The van der Waals surface area contributed by atoms with E-state index in [1.54, 1.807) is 12.2 Å². The van der Waals surface area contributed by atoms with Gasteiger partial charge in [0, 0.05) is 6.42 Å². The predicted molar refractivity (Wildman–Crippen MR) is 166 cm³/mol. The Kier molecular flexibility index (Phi) is 19.3. The van der Waals surface area contributed by atoms with Gasteiger partial charge in [-0.2, -0.15) is 0 Å². The fourth-order valence-electron chi connectivity index (χ4n) is 5.09. The summed E-state index contributed by atoms with van der Waals surface area (Å²) in [5.41, 5.74) is 0. The molecule has 2 aliphatic rings. The molecule has 14 nitrogen and oxygen atoms in total. The zero-order valence-corrected chi connectivity index (χ0v) is 26.8. The molecule has 12 unspecified atom stereocenters. The summed E-state index contributed by atoms with van der Waals surface area (Å²) in [6, 6.07) is -0.926. The number of amides is 1. The van der Waals surface area contributed by atoms with Crippen molar-refractivity contribution in [2.75, 3.05) is 19.8 Å². The van der Waals surface area contributed by atoms with Crippen molar-refractivity contribution >= 4 is 5.91 Å². The largest absolute Gasteiger partial charge is 0.394 e. The lowest BCUT2D eigenvalue weighted by Crippen LogP contribution is -2.65. The molecule has 1 amide bonds.